The van der Waals surface area contributed by atoms with Gasteiger partial charge in [0.1, 0.15) is 0 Å². The van der Waals surface area contributed by atoms with Crippen LogP contribution in [0.25, 0.3) is 0 Å². The first-order chi connectivity index (χ1) is 7.07. The van der Waals surface area contributed by atoms with Gasteiger partial charge >= 0.3 is 0 Å². The summed E-state index contributed by atoms with van der Waals surface area (Å²) in [7, 11) is 0. The third-order valence-electron chi connectivity index (χ3n) is 3.02. The first kappa shape index (κ1) is 11.0. The average Bonchev–Trinajstić information content (AvgIpc) is 2.17. The molecule has 3 N–H and O–H groups in total. The lowest BCUT2D eigenvalue weighted by atomic mass is 9.63. The molecule has 1 heterocycles. The average molecular weight is 275 g/mol. The summed E-state index contributed by atoms with van der Waals surface area (Å²) >= 11 is 3.25. The van der Waals surface area contributed by atoms with Crippen LogP contribution in [0, 0.1) is 5.95 Å². The minimum Gasteiger partial charge on any atom is -0.393 e. The Morgan fingerprint density at radius 1 is 1.67 bits per heavy atom. The highest BCUT2D eigenvalue weighted by molar-refractivity contribution is 9.10. The number of aliphatic hydroxyl groups excluding tert-OH is 1. The minimum atomic E-state index is -0.490. The number of pyridine rings is 1. The number of hydrogen-bond acceptors (Lipinski definition) is 3. The third kappa shape index (κ3) is 1.79. The molecule has 1 aliphatic carbocycles. The lowest BCUT2D eigenvalue weighted by Crippen LogP contribution is -2.50. The molecular formula is C10H12BrFN2O. The van der Waals surface area contributed by atoms with Crippen molar-refractivity contribution in [3.05, 3.63) is 28.2 Å². The second-order valence-electron chi connectivity index (χ2n) is 4.04. The largest absolute Gasteiger partial charge is 0.393 e. The van der Waals surface area contributed by atoms with Crippen molar-refractivity contribution in [2.75, 3.05) is 6.54 Å². The van der Waals surface area contributed by atoms with Crippen LogP contribution in [0.1, 0.15) is 18.4 Å². The Bertz CT molecular complexity index is 380. The van der Waals surface area contributed by atoms with Gasteiger partial charge in [-0.05, 0) is 34.8 Å². The van der Waals surface area contributed by atoms with Crippen LogP contribution in [0.15, 0.2) is 16.7 Å². The predicted octanol–water partition coefficient (Wildman–Crippen LogP) is 1.33. The van der Waals surface area contributed by atoms with Crippen molar-refractivity contribution in [1.82, 2.24) is 4.98 Å². The summed E-state index contributed by atoms with van der Waals surface area (Å²) in [5.41, 5.74) is 5.74. The van der Waals surface area contributed by atoms with Crippen molar-refractivity contribution < 1.29 is 9.50 Å². The van der Waals surface area contributed by atoms with E-state index in [9.17, 15) is 9.50 Å². The molecule has 1 aliphatic rings. The van der Waals surface area contributed by atoms with Crippen molar-refractivity contribution in [1.29, 1.82) is 0 Å². The molecular weight excluding hydrogens is 263 g/mol. The van der Waals surface area contributed by atoms with E-state index in [-0.39, 0.29) is 6.10 Å². The molecule has 1 fully saturated rings. The van der Waals surface area contributed by atoms with Crippen molar-refractivity contribution in [2.45, 2.75) is 24.4 Å². The summed E-state index contributed by atoms with van der Waals surface area (Å²) in [6.07, 6.45) is 2.07. The van der Waals surface area contributed by atoms with E-state index in [0.29, 0.717) is 24.9 Å². The van der Waals surface area contributed by atoms with Gasteiger partial charge in [-0.2, -0.15) is 4.39 Å². The Morgan fingerprint density at radius 3 is 2.87 bits per heavy atom. The van der Waals surface area contributed by atoms with E-state index in [1.807, 2.05) is 0 Å². The van der Waals surface area contributed by atoms with E-state index in [0.717, 1.165) is 4.47 Å². The fraction of sp³-hybridized carbons (Fsp3) is 0.500. The summed E-state index contributed by atoms with van der Waals surface area (Å²) < 4.78 is 14.3. The van der Waals surface area contributed by atoms with Crippen molar-refractivity contribution in [3.8, 4) is 0 Å². The maximum atomic E-state index is 13.5. The molecule has 0 saturated heterocycles. The van der Waals surface area contributed by atoms with Gasteiger partial charge in [0.05, 0.1) is 6.10 Å². The molecule has 15 heavy (non-hydrogen) atoms. The van der Waals surface area contributed by atoms with E-state index in [1.165, 1.54) is 6.20 Å². The summed E-state index contributed by atoms with van der Waals surface area (Å²) in [6.45, 7) is 0.332. The molecule has 0 radical (unpaired) electrons. The SMILES string of the molecule is NCC1(c2cc(Br)cnc2F)CC(O)C1. The highest BCUT2D eigenvalue weighted by Gasteiger charge is 2.45. The van der Waals surface area contributed by atoms with E-state index in [4.69, 9.17) is 5.73 Å². The first-order valence-corrected chi connectivity index (χ1v) is 5.56. The summed E-state index contributed by atoms with van der Waals surface area (Å²) in [4.78, 5) is 3.65. The zero-order chi connectivity index (χ0) is 11.1. The lowest BCUT2D eigenvalue weighted by Gasteiger charge is -2.45. The molecule has 3 nitrogen and oxygen atoms in total. The van der Waals surface area contributed by atoms with E-state index in [2.05, 4.69) is 20.9 Å². The summed E-state index contributed by atoms with van der Waals surface area (Å²) in [6, 6.07) is 1.70. The molecule has 0 atom stereocenters. The zero-order valence-corrected chi connectivity index (χ0v) is 9.67. The monoisotopic (exact) mass is 274 g/mol. The van der Waals surface area contributed by atoms with Crippen LogP contribution in [0.2, 0.25) is 0 Å². The topological polar surface area (TPSA) is 59.1 Å². The van der Waals surface area contributed by atoms with Gasteiger partial charge in [0.25, 0.3) is 0 Å². The van der Waals surface area contributed by atoms with Crippen LogP contribution in [-0.2, 0) is 5.41 Å². The number of aromatic nitrogens is 1. The van der Waals surface area contributed by atoms with Crippen LogP contribution >= 0.6 is 15.9 Å². The Hall–Kier alpha value is -0.520. The van der Waals surface area contributed by atoms with Gasteiger partial charge in [0.2, 0.25) is 5.95 Å². The fourth-order valence-corrected chi connectivity index (χ4v) is 2.46. The smallest absolute Gasteiger partial charge is 0.216 e. The molecule has 2 rings (SSSR count). The predicted molar refractivity (Wildman–Crippen MR) is 57.9 cm³/mol. The van der Waals surface area contributed by atoms with Crippen LogP contribution in [0.4, 0.5) is 4.39 Å². The number of rotatable bonds is 2. The Kier molecular flexibility index (Phi) is 2.79. The number of halogens is 2. The fourth-order valence-electron chi connectivity index (χ4n) is 2.13. The molecule has 0 spiro atoms. The van der Waals surface area contributed by atoms with Gasteiger partial charge in [0, 0.05) is 28.2 Å². The molecule has 0 unspecified atom stereocenters. The maximum absolute atomic E-state index is 13.5. The Labute approximate surface area is 95.6 Å². The second kappa shape index (κ2) is 3.81. The van der Waals surface area contributed by atoms with Gasteiger partial charge < -0.3 is 10.8 Å². The molecule has 0 bridgehead atoms. The molecule has 0 aromatic carbocycles. The van der Waals surface area contributed by atoms with Crippen LogP contribution in [-0.4, -0.2) is 22.7 Å². The van der Waals surface area contributed by atoms with Gasteiger partial charge in [-0.3, -0.25) is 0 Å². The normalized spacial score (nSPS) is 30.0. The molecule has 1 aromatic rings. The number of aliphatic hydroxyl groups is 1. The molecule has 5 heteroatoms. The van der Waals surface area contributed by atoms with E-state index in [1.54, 1.807) is 6.07 Å². The van der Waals surface area contributed by atoms with E-state index >= 15 is 0 Å². The van der Waals surface area contributed by atoms with Gasteiger partial charge in [-0.25, -0.2) is 4.98 Å². The van der Waals surface area contributed by atoms with Crippen molar-refractivity contribution in [3.63, 3.8) is 0 Å². The maximum Gasteiger partial charge on any atom is 0.216 e. The number of nitrogens with zero attached hydrogens (tertiary/aromatic N) is 1. The van der Waals surface area contributed by atoms with Crippen molar-refractivity contribution >= 4 is 15.9 Å². The van der Waals surface area contributed by atoms with Gasteiger partial charge in [-0.1, -0.05) is 0 Å². The zero-order valence-electron chi connectivity index (χ0n) is 8.08. The highest BCUT2D eigenvalue weighted by atomic mass is 79.9. The lowest BCUT2D eigenvalue weighted by molar-refractivity contribution is 0.0201. The molecule has 1 saturated carbocycles. The number of nitrogens with two attached hydrogens (primary N) is 1. The summed E-state index contributed by atoms with van der Waals surface area (Å²) in [5.74, 6) is -0.490. The van der Waals surface area contributed by atoms with E-state index < -0.39 is 11.4 Å². The second-order valence-corrected chi connectivity index (χ2v) is 4.95. The Morgan fingerprint density at radius 2 is 2.33 bits per heavy atom. The third-order valence-corrected chi connectivity index (χ3v) is 3.45. The number of hydrogen-bond donors (Lipinski definition) is 2. The molecule has 82 valence electrons. The van der Waals surface area contributed by atoms with Crippen LogP contribution in [0.5, 0.6) is 0 Å². The van der Waals surface area contributed by atoms with Crippen LogP contribution in [0.3, 0.4) is 0 Å². The Balaban J connectivity index is 2.39. The van der Waals surface area contributed by atoms with Crippen molar-refractivity contribution in [2.24, 2.45) is 5.73 Å². The molecule has 1 aromatic heterocycles. The standard InChI is InChI=1S/C10H12BrFN2O/c11-6-1-8(9(12)14-4-6)10(5-13)2-7(15)3-10/h1,4,7,15H,2-3,5,13H2. The molecule has 0 amide bonds. The molecule has 0 aliphatic heterocycles. The first-order valence-electron chi connectivity index (χ1n) is 4.77. The van der Waals surface area contributed by atoms with Crippen LogP contribution < -0.4 is 5.73 Å². The summed E-state index contributed by atoms with van der Waals surface area (Å²) in [5, 5.41) is 9.33. The minimum absolute atomic E-state index is 0.332. The highest BCUT2D eigenvalue weighted by Crippen LogP contribution is 2.44. The quantitative estimate of drug-likeness (QED) is 0.801. The van der Waals surface area contributed by atoms with Gasteiger partial charge in [0.15, 0.2) is 0 Å². The van der Waals surface area contributed by atoms with Gasteiger partial charge in [-0.15, -0.1) is 0 Å².